The van der Waals surface area contributed by atoms with Gasteiger partial charge in [0.2, 0.25) is 0 Å². The average Bonchev–Trinajstić information content (AvgIpc) is 2.79. The Balaban J connectivity index is 1.65. The molecule has 1 heterocycles. The predicted molar refractivity (Wildman–Crippen MR) is 131 cm³/mol. The van der Waals surface area contributed by atoms with E-state index in [-0.39, 0.29) is 11.4 Å². The number of hydrogen-bond acceptors (Lipinski definition) is 2. The van der Waals surface area contributed by atoms with Gasteiger partial charge in [0.15, 0.2) is 0 Å². The number of halogens is 1. The fourth-order valence-corrected chi connectivity index (χ4v) is 5.73. The molecule has 3 nitrogen and oxygen atoms in total. The van der Waals surface area contributed by atoms with Gasteiger partial charge in [0.1, 0.15) is 0 Å². The number of carbonyl (C=O) groups is 1. The van der Waals surface area contributed by atoms with Crippen LogP contribution in [0.1, 0.15) is 61.4 Å². The summed E-state index contributed by atoms with van der Waals surface area (Å²) >= 11 is 3.58. The smallest absolute Gasteiger partial charge is 0.253 e. The zero-order chi connectivity index (χ0) is 21.6. The molecule has 0 unspecified atom stereocenters. The van der Waals surface area contributed by atoms with Gasteiger partial charge in [0, 0.05) is 26.5 Å². The lowest BCUT2D eigenvalue weighted by Crippen LogP contribution is -2.56. The number of carbonyl (C=O) groups excluding carboxylic acids is 1. The van der Waals surface area contributed by atoms with Crippen LogP contribution < -0.4 is 5.32 Å². The number of rotatable bonds is 4. The Morgan fingerprint density at radius 1 is 1.06 bits per heavy atom. The molecule has 3 aromatic rings. The third kappa shape index (κ3) is 3.61. The molecule has 2 aromatic carbocycles. The summed E-state index contributed by atoms with van der Waals surface area (Å²) in [5.41, 5.74) is 4.45. The third-order valence-corrected chi connectivity index (χ3v) is 7.96. The minimum Gasteiger partial charge on any atom is -0.347 e. The van der Waals surface area contributed by atoms with Crippen LogP contribution in [0.2, 0.25) is 0 Å². The van der Waals surface area contributed by atoms with E-state index in [1.54, 1.807) is 6.08 Å². The molecule has 3 fully saturated rings. The molecule has 3 aliphatic rings. The number of fused-ring (bicyclic) bond motifs is 4. The topological polar surface area (TPSA) is 42.0 Å². The largest absolute Gasteiger partial charge is 0.347 e. The molecule has 3 aliphatic carbocycles. The van der Waals surface area contributed by atoms with E-state index < -0.39 is 0 Å². The molecule has 3 saturated carbocycles. The standard InChI is InChI=1S/C27H27BrN2O/c1-3-20-23(25(31)30-27-14-11-26(2,12-15-27)13-16-27)21-17-19(28)9-10-22(21)29-24(20)18-7-5-4-6-8-18/h3-10,17H,1,11-16H2,2H3,(H,30,31). The van der Waals surface area contributed by atoms with E-state index in [1.807, 2.05) is 48.5 Å². The van der Waals surface area contributed by atoms with Crippen LogP contribution in [-0.2, 0) is 0 Å². The van der Waals surface area contributed by atoms with E-state index in [1.165, 1.54) is 19.3 Å². The van der Waals surface area contributed by atoms with Crippen molar-refractivity contribution in [3.8, 4) is 11.3 Å². The number of aromatic nitrogens is 1. The number of amides is 1. The minimum absolute atomic E-state index is 0.0110. The maximum atomic E-state index is 13.9. The Morgan fingerprint density at radius 3 is 2.39 bits per heavy atom. The number of nitrogens with one attached hydrogen (secondary N) is 1. The van der Waals surface area contributed by atoms with Crippen LogP contribution in [-0.4, -0.2) is 16.4 Å². The summed E-state index contributed by atoms with van der Waals surface area (Å²) in [6.45, 7) is 6.46. The van der Waals surface area contributed by atoms with Crippen molar-refractivity contribution in [1.82, 2.24) is 10.3 Å². The highest BCUT2D eigenvalue weighted by Gasteiger charge is 2.47. The summed E-state index contributed by atoms with van der Waals surface area (Å²) in [5.74, 6) is -0.0110. The van der Waals surface area contributed by atoms with Crippen molar-refractivity contribution >= 4 is 38.8 Å². The highest BCUT2D eigenvalue weighted by Crippen LogP contribution is 2.52. The van der Waals surface area contributed by atoms with E-state index in [0.29, 0.717) is 11.0 Å². The zero-order valence-electron chi connectivity index (χ0n) is 17.9. The molecule has 158 valence electrons. The Hall–Kier alpha value is -2.46. The van der Waals surface area contributed by atoms with Crippen LogP contribution in [0.25, 0.3) is 28.2 Å². The highest BCUT2D eigenvalue weighted by atomic mass is 79.9. The van der Waals surface area contributed by atoms with E-state index in [2.05, 4.69) is 34.7 Å². The first kappa shape index (κ1) is 20.4. The van der Waals surface area contributed by atoms with Gasteiger partial charge in [-0.25, -0.2) is 4.98 Å². The first-order chi connectivity index (χ1) is 14.9. The Bertz CT molecular complexity index is 1160. The number of pyridine rings is 1. The summed E-state index contributed by atoms with van der Waals surface area (Å²) < 4.78 is 0.933. The van der Waals surface area contributed by atoms with Crippen LogP contribution >= 0.6 is 15.9 Å². The van der Waals surface area contributed by atoms with Crippen molar-refractivity contribution in [3.05, 3.63) is 70.7 Å². The van der Waals surface area contributed by atoms with Crippen LogP contribution in [0.4, 0.5) is 0 Å². The molecule has 6 rings (SSSR count). The first-order valence-corrected chi connectivity index (χ1v) is 11.9. The van der Waals surface area contributed by atoms with Gasteiger partial charge < -0.3 is 5.32 Å². The SMILES string of the molecule is C=Cc1c(-c2ccccc2)nc2ccc(Br)cc2c1C(=O)NC12CCC(C)(CC1)CC2. The van der Waals surface area contributed by atoms with Crippen molar-refractivity contribution in [1.29, 1.82) is 0 Å². The lowest BCUT2D eigenvalue weighted by atomic mass is 9.58. The van der Waals surface area contributed by atoms with E-state index in [0.717, 1.165) is 51.5 Å². The van der Waals surface area contributed by atoms with Gasteiger partial charge in [-0.2, -0.15) is 0 Å². The van der Waals surface area contributed by atoms with Crippen molar-refractivity contribution in [2.45, 2.75) is 51.0 Å². The van der Waals surface area contributed by atoms with Crippen molar-refractivity contribution in [3.63, 3.8) is 0 Å². The summed E-state index contributed by atoms with van der Waals surface area (Å²) in [5, 5.41) is 4.34. The monoisotopic (exact) mass is 474 g/mol. The average molecular weight is 475 g/mol. The molecule has 0 radical (unpaired) electrons. The highest BCUT2D eigenvalue weighted by molar-refractivity contribution is 9.10. The molecule has 0 atom stereocenters. The second-order valence-electron chi connectivity index (χ2n) is 9.53. The Morgan fingerprint density at radius 2 is 1.74 bits per heavy atom. The first-order valence-electron chi connectivity index (χ1n) is 11.1. The van der Waals surface area contributed by atoms with Crippen molar-refractivity contribution in [2.24, 2.45) is 5.41 Å². The molecule has 0 aliphatic heterocycles. The molecule has 0 saturated heterocycles. The minimum atomic E-state index is -0.0815. The summed E-state index contributed by atoms with van der Waals surface area (Å²) in [6.07, 6.45) is 8.56. The molecule has 2 bridgehead atoms. The van der Waals surface area contributed by atoms with Crippen molar-refractivity contribution in [2.75, 3.05) is 0 Å². The number of nitrogens with zero attached hydrogens (tertiary/aromatic N) is 1. The maximum absolute atomic E-state index is 13.9. The van der Waals surface area contributed by atoms with Crippen LogP contribution in [0, 0.1) is 5.41 Å². The maximum Gasteiger partial charge on any atom is 0.253 e. The van der Waals surface area contributed by atoms with Gasteiger partial charge in [0.05, 0.1) is 16.8 Å². The van der Waals surface area contributed by atoms with E-state index in [4.69, 9.17) is 4.98 Å². The van der Waals surface area contributed by atoms with Gasteiger partial charge in [-0.3, -0.25) is 4.79 Å². The molecule has 1 aromatic heterocycles. The lowest BCUT2D eigenvalue weighted by molar-refractivity contribution is 0.0340. The van der Waals surface area contributed by atoms with E-state index >= 15 is 0 Å². The molecule has 1 N–H and O–H groups in total. The van der Waals surface area contributed by atoms with Gasteiger partial charge in [0.25, 0.3) is 5.91 Å². The quantitative estimate of drug-likeness (QED) is 0.435. The van der Waals surface area contributed by atoms with Crippen molar-refractivity contribution < 1.29 is 4.79 Å². The number of benzene rings is 2. The van der Waals surface area contributed by atoms with Gasteiger partial charge in [-0.1, -0.05) is 65.8 Å². The second kappa shape index (κ2) is 7.59. The predicted octanol–water partition coefficient (Wildman–Crippen LogP) is 7.15. The third-order valence-electron chi connectivity index (χ3n) is 7.46. The summed E-state index contributed by atoms with van der Waals surface area (Å²) in [7, 11) is 0. The van der Waals surface area contributed by atoms with Gasteiger partial charge >= 0.3 is 0 Å². The van der Waals surface area contributed by atoms with E-state index in [9.17, 15) is 4.79 Å². The fourth-order valence-electron chi connectivity index (χ4n) is 5.37. The molecule has 31 heavy (non-hydrogen) atoms. The molecular formula is C27H27BrN2O. The summed E-state index contributed by atoms with van der Waals surface area (Å²) in [6, 6.07) is 16.0. The van der Waals surface area contributed by atoms with Gasteiger partial charge in [-0.05, 0) is 62.1 Å². The normalized spacial score (nSPS) is 24.8. The molecule has 1 amide bonds. The Kier molecular flexibility index (Phi) is 5.01. The van der Waals surface area contributed by atoms with Crippen LogP contribution in [0.3, 0.4) is 0 Å². The summed E-state index contributed by atoms with van der Waals surface area (Å²) in [4.78, 5) is 18.8. The molecular weight excluding hydrogens is 448 g/mol. The molecule has 4 heteroatoms. The zero-order valence-corrected chi connectivity index (χ0v) is 19.5. The second-order valence-corrected chi connectivity index (χ2v) is 10.4. The lowest BCUT2D eigenvalue weighted by Gasteiger charge is -2.52. The van der Waals surface area contributed by atoms with Crippen LogP contribution in [0.15, 0.2) is 59.6 Å². The Labute approximate surface area is 192 Å². The fraction of sp³-hybridized carbons (Fsp3) is 0.333. The molecule has 0 spiro atoms. The van der Waals surface area contributed by atoms with Gasteiger partial charge in [-0.15, -0.1) is 0 Å². The van der Waals surface area contributed by atoms with Crippen LogP contribution in [0.5, 0.6) is 0 Å². The number of hydrogen-bond donors (Lipinski definition) is 1.